The van der Waals surface area contributed by atoms with Gasteiger partial charge in [0.1, 0.15) is 5.58 Å². The van der Waals surface area contributed by atoms with Crippen molar-refractivity contribution in [3.63, 3.8) is 0 Å². The van der Waals surface area contributed by atoms with E-state index in [-0.39, 0.29) is 0 Å². The normalized spacial score (nSPS) is 11.3. The molecule has 0 atom stereocenters. The van der Waals surface area contributed by atoms with Crippen LogP contribution < -0.4 is 0 Å². The van der Waals surface area contributed by atoms with Crippen LogP contribution in [0.25, 0.3) is 44.1 Å². The van der Waals surface area contributed by atoms with E-state index in [9.17, 15) is 0 Å². The smallest absolute Gasteiger partial charge is 0.160 e. The van der Waals surface area contributed by atoms with E-state index in [0.29, 0.717) is 5.56 Å². The van der Waals surface area contributed by atoms with Crippen LogP contribution in [-0.2, 0) is 0 Å². The first-order valence-corrected chi connectivity index (χ1v) is 7.77. The molecular formula is C21H12N2O. The molecule has 24 heavy (non-hydrogen) atoms. The van der Waals surface area contributed by atoms with Gasteiger partial charge in [-0.15, -0.1) is 0 Å². The molecule has 5 aromatic rings. The number of fused-ring (bicyclic) bond motifs is 5. The molecule has 2 aromatic heterocycles. The number of aromatic amines is 1. The number of H-pyrrole nitrogens is 1. The fourth-order valence-corrected chi connectivity index (χ4v) is 3.25. The summed E-state index contributed by atoms with van der Waals surface area (Å²) < 4.78 is 6.13. The summed E-state index contributed by atoms with van der Waals surface area (Å²) in [6, 6.07) is 24.1. The highest BCUT2D eigenvalue weighted by Gasteiger charge is 2.13. The van der Waals surface area contributed by atoms with Gasteiger partial charge >= 0.3 is 0 Å². The van der Waals surface area contributed by atoms with Crippen molar-refractivity contribution in [2.24, 2.45) is 0 Å². The van der Waals surface area contributed by atoms with Gasteiger partial charge in [-0.2, -0.15) is 5.26 Å². The van der Waals surface area contributed by atoms with Crippen molar-refractivity contribution in [2.75, 3.05) is 0 Å². The molecule has 0 aliphatic rings. The lowest BCUT2D eigenvalue weighted by atomic mass is 10.0. The summed E-state index contributed by atoms with van der Waals surface area (Å²) in [6.45, 7) is 0. The molecule has 0 aliphatic heterocycles. The molecule has 0 unspecified atom stereocenters. The Morgan fingerprint density at radius 2 is 1.62 bits per heavy atom. The maximum absolute atomic E-state index is 8.92. The molecule has 0 aliphatic carbocycles. The maximum atomic E-state index is 8.92. The monoisotopic (exact) mass is 308 g/mol. The van der Waals surface area contributed by atoms with E-state index in [0.717, 1.165) is 44.1 Å². The first kappa shape index (κ1) is 13.0. The Morgan fingerprint density at radius 3 is 2.46 bits per heavy atom. The quantitative estimate of drug-likeness (QED) is 0.438. The van der Waals surface area contributed by atoms with Crippen LogP contribution in [0, 0.1) is 11.3 Å². The highest BCUT2D eigenvalue weighted by Crippen LogP contribution is 2.35. The van der Waals surface area contributed by atoms with E-state index < -0.39 is 0 Å². The van der Waals surface area contributed by atoms with Gasteiger partial charge in [0.15, 0.2) is 5.58 Å². The maximum Gasteiger partial charge on any atom is 0.160 e. The van der Waals surface area contributed by atoms with E-state index in [1.807, 2.05) is 36.4 Å². The van der Waals surface area contributed by atoms with Crippen molar-refractivity contribution in [1.82, 2.24) is 4.98 Å². The molecule has 3 nitrogen and oxygen atoms in total. The van der Waals surface area contributed by atoms with E-state index in [1.54, 1.807) is 0 Å². The minimum atomic E-state index is 0.664. The summed E-state index contributed by atoms with van der Waals surface area (Å²) in [5.41, 5.74) is 6.70. The first-order chi connectivity index (χ1) is 11.8. The van der Waals surface area contributed by atoms with E-state index in [2.05, 4.69) is 41.4 Å². The Hall–Kier alpha value is -3.51. The van der Waals surface area contributed by atoms with Gasteiger partial charge < -0.3 is 9.40 Å². The number of nitrogens with zero attached hydrogens (tertiary/aromatic N) is 1. The fraction of sp³-hybridized carbons (Fsp3) is 0. The minimum absolute atomic E-state index is 0.664. The van der Waals surface area contributed by atoms with E-state index >= 15 is 0 Å². The molecule has 3 aromatic carbocycles. The zero-order chi connectivity index (χ0) is 16.1. The minimum Gasteiger partial charge on any atom is -0.454 e. The number of furan rings is 1. The molecule has 112 valence electrons. The van der Waals surface area contributed by atoms with Gasteiger partial charge in [0.2, 0.25) is 0 Å². The molecule has 0 saturated carbocycles. The summed E-state index contributed by atoms with van der Waals surface area (Å²) in [7, 11) is 0. The number of hydrogen-bond acceptors (Lipinski definition) is 2. The van der Waals surface area contributed by atoms with Crippen molar-refractivity contribution in [3.8, 4) is 17.2 Å². The second-order valence-electron chi connectivity index (χ2n) is 5.88. The summed E-state index contributed by atoms with van der Waals surface area (Å²) in [5, 5.41) is 11.1. The summed E-state index contributed by atoms with van der Waals surface area (Å²) >= 11 is 0. The number of benzene rings is 3. The average molecular weight is 308 g/mol. The van der Waals surface area contributed by atoms with Crippen LogP contribution in [0.2, 0.25) is 0 Å². The van der Waals surface area contributed by atoms with Crippen LogP contribution in [0.4, 0.5) is 0 Å². The van der Waals surface area contributed by atoms with Gasteiger partial charge in [-0.25, -0.2) is 0 Å². The van der Waals surface area contributed by atoms with Gasteiger partial charge in [0, 0.05) is 16.3 Å². The summed E-state index contributed by atoms with van der Waals surface area (Å²) in [4.78, 5) is 3.45. The highest BCUT2D eigenvalue weighted by atomic mass is 16.3. The van der Waals surface area contributed by atoms with Gasteiger partial charge in [0.05, 0.1) is 17.1 Å². The number of aromatic nitrogens is 1. The van der Waals surface area contributed by atoms with E-state index in [4.69, 9.17) is 9.68 Å². The van der Waals surface area contributed by atoms with Crippen molar-refractivity contribution >= 4 is 33.0 Å². The fourth-order valence-electron chi connectivity index (χ4n) is 3.25. The number of nitrogens with one attached hydrogen (secondary N) is 1. The van der Waals surface area contributed by atoms with Gasteiger partial charge in [-0.3, -0.25) is 0 Å². The first-order valence-electron chi connectivity index (χ1n) is 7.77. The summed E-state index contributed by atoms with van der Waals surface area (Å²) in [5.74, 6) is 0. The summed E-state index contributed by atoms with van der Waals surface area (Å²) in [6.07, 6.45) is 0. The lowest BCUT2D eigenvalue weighted by Crippen LogP contribution is -1.79. The molecule has 2 heterocycles. The Labute approximate surface area is 137 Å². The lowest BCUT2D eigenvalue weighted by molar-refractivity contribution is 0.673. The Kier molecular flexibility index (Phi) is 2.56. The number of nitriles is 1. The van der Waals surface area contributed by atoms with E-state index in [1.165, 1.54) is 0 Å². The molecule has 1 N–H and O–H groups in total. The molecule has 0 spiro atoms. The molecule has 0 fully saturated rings. The van der Waals surface area contributed by atoms with Gasteiger partial charge in [-0.1, -0.05) is 30.3 Å². The van der Waals surface area contributed by atoms with Crippen LogP contribution in [0.1, 0.15) is 5.56 Å². The number of hydrogen-bond donors (Lipinski definition) is 1. The number of rotatable bonds is 1. The average Bonchev–Trinajstić information content (AvgIpc) is 3.17. The van der Waals surface area contributed by atoms with Crippen LogP contribution >= 0.6 is 0 Å². The second-order valence-corrected chi connectivity index (χ2v) is 5.88. The topological polar surface area (TPSA) is 52.7 Å². The molecule has 3 heteroatoms. The highest BCUT2D eigenvalue weighted by molar-refractivity contribution is 6.15. The number of para-hydroxylation sites is 1. The Bertz CT molecular complexity index is 1250. The van der Waals surface area contributed by atoms with Crippen molar-refractivity contribution in [1.29, 1.82) is 5.26 Å². The van der Waals surface area contributed by atoms with Crippen molar-refractivity contribution in [2.45, 2.75) is 0 Å². The van der Waals surface area contributed by atoms with Crippen molar-refractivity contribution < 1.29 is 4.42 Å². The lowest BCUT2D eigenvalue weighted by Gasteiger charge is -2.01. The molecular weight excluding hydrogens is 296 g/mol. The van der Waals surface area contributed by atoms with Crippen LogP contribution in [0.15, 0.2) is 71.1 Å². The molecule has 0 amide bonds. The third-order valence-corrected chi connectivity index (χ3v) is 4.47. The van der Waals surface area contributed by atoms with Crippen LogP contribution in [0.3, 0.4) is 0 Å². The third kappa shape index (κ3) is 1.77. The second kappa shape index (κ2) is 4.74. The standard InChI is InChI=1S/C21H12N2O/c22-12-13-5-7-14(8-6-13)15-9-10-17-19(11-15)24-21-16-3-1-2-4-18(16)23-20(17)21/h1-11,23H. The SMILES string of the molecule is N#Cc1ccc(-c2ccc3c(c2)oc2c4ccccc4[nH]c32)cc1. The molecule has 0 saturated heterocycles. The zero-order valence-electron chi connectivity index (χ0n) is 12.7. The predicted molar refractivity (Wildman–Crippen MR) is 95.7 cm³/mol. The predicted octanol–water partition coefficient (Wildman–Crippen LogP) is 5.61. The third-order valence-electron chi connectivity index (χ3n) is 4.47. The Balaban J connectivity index is 1.73. The zero-order valence-corrected chi connectivity index (χ0v) is 12.7. The largest absolute Gasteiger partial charge is 0.454 e. The van der Waals surface area contributed by atoms with Crippen molar-refractivity contribution in [3.05, 3.63) is 72.3 Å². The van der Waals surface area contributed by atoms with Gasteiger partial charge in [-0.05, 0) is 47.5 Å². The molecule has 0 radical (unpaired) electrons. The van der Waals surface area contributed by atoms with Gasteiger partial charge in [0.25, 0.3) is 0 Å². The Morgan fingerprint density at radius 1 is 0.833 bits per heavy atom. The van der Waals surface area contributed by atoms with Crippen LogP contribution in [-0.4, -0.2) is 4.98 Å². The van der Waals surface area contributed by atoms with Crippen LogP contribution in [0.5, 0.6) is 0 Å². The molecule has 5 rings (SSSR count). The molecule has 0 bridgehead atoms.